The van der Waals surface area contributed by atoms with Gasteiger partial charge in [0.05, 0.1) is 17.2 Å². The minimum Gasteiger partial charge on any atom is -0.429 e. The molecule has 0 saturated carbocycles. The average molecular weight is 552 g/mol. The minimum atomic E-state index is -3.81. The van der Waals surface area contributed by atoms with E-state index in [-0.39, 0.29) is 24.0 Å². The fraction of sp³-hybridized carbons (Fsp3) is 0.259. The third-order valence-electron chi connectivity index (χ3n) is 6.01. The van der Waals surface area contributed by atoms with E-state index < -0.39 is 15.6 Å². The molecular formula is C27H25N3O6S2. The molecule has 2 aromatic heterocycles. The molecule has 38 heavy (non-hydrogen) atoms. The van der Waals surface area contributed by atoms with Crippen LogP contribution >= 0.6 is 11.3 Å². The lowest BCUT2D eigenvalue weighted by Crippen LogP contribution is -2.33. The molecule has 3 heterocycles. The van der Waals surface area contributed by atoms with Gasteiger partial charge in [-0.1, -0.05) is 36.3 Å². The maximum absolute atomic E-state index is 11.6. The topological polar surface area (TPSA) is 138 Å². The maximum Gasteiger partial charge on any atom is 0.274 e. The number of nitrogens with zero attached hydrogens (tertiary/aromatic N) is 2. The largest absolute Gasteiger partial charge is 0.429 e. The predicted molar refractivity (Wildman–Crippen MR) is 141 cm³/mol. The predicted octanol–water partition coefficient (Wildman–Crippen LogP) is 3.68. The Labute approximate surface area is 224 Å². The van der Waals surface area contributed by atoms with E-state index in [1.807, 2.05) is 35.7 Å². The number of aliphatic hydroxyl groups is 1. The summed E-state index contributed by atoms with van der Waals surface area (Å²) < 4.78 is 40.2. The highest BCUT2D eigenvalue weighted by Gasteiger charge is 2.34. The third-order valence-corrected chi connectivity index (χ3v) is 8.02. The van der Waals surface area contributed by atoms with E-state index in [1.54, 1.807) is 12.1 Å². The molecule has 0 spiro atoms. The molecule has 0 unspecified atom stereocenters. The first-order valence-corrected chi connectivity index (χ1v) is 14.3. The van der Waals surface area contributed by atoms with Crippen LogP contribution in [0.4, 0.5) is 0 Å². The van der Waals surface area contributed by atoms with Gasteiger partial charge in [0.25, 0.3) is 5.89 Å². The monoisotopic (exact) mass is 551 g/mol. The smallest absolute Gasteiger partial charge is 0.274 e. The second-order valence-corrected chi connectivity index (χ2v) is 11.1. The Bertz CT molecular complexity index is 1560. The number of hydrogen-bond donors (Lipinski definition) is 2. The molecule has 0 bridgehead atoms. The van der Waals surface area contributed by atoms with Crippen LogP contribution in [0.2, 0.25) is 0 Å². The molecule has 1 saturated heterocycles. The van der Waals surface area contributed by atoms with Crippen molar-refractivity contribution >= 4 is 21.4 Å². The van der Waals surface area contributed by atoms with Crippen LogP contribution in [0.5, 0.6) is 0 Å². The summed E-state index contributed by atoms with van der Waals surface area (Å²) in [7, 11) is -3.81. The third kappa shape index (κ3) is 6.02. The molecule has 9 nitrogen and oxygen atoms in total. The molecule has 11 heteroatoms. The summed E-state index contributed by atoms with van der Waals surface area (Å²) in [6.45, 7) is 1.44. The number of nitrogens with two attached hydrogens (primary N) is 1. The lowest BCUT2D eigenvalue weighted by molar-refractivity contribution is -0.0681. The molecule has 1 fully saturated rings. The number of benzene rings is 2. The van der Waals surface area contributed by atoms with Crippen molar-refractivity contribution in [3.05, 3.63) is 76.6 Å². The number of ether oxygens (including phenoxy) is 2. The first-order valence-electron chi connectivity index (χ1n) is 11.8. The standard InChI is InChI=1S/C27H25N3O6S2/c28-38(32,33)22-10-8-20(9-11-22)25-24(19-5-2-1-3-6-19)30-23(36-25)7-4-14-35-17-21-18-37-26(29-21)27(31)12-15-34-16-13-27/h1-3,5-6,8-11,18,31H,12-17H2,(H2,28,32,33). The Balaban J connectivity index is 1.28. The van der Waals surface area contributed by atoms with E-state index in [4.69, 9.17) is 19.0 Å². The van der Waals surface area contributed by atoms with Crippen molar-refractivity contribution in [2.75, 3.05) is 19.8 Å². The van der Waals surface area contributed by atoms with Crippen molar-refractivity contribution in [3.8, 4) is 34.4 Å². The van der Waals surface area contributed by atoms with E-state index in [0.29, 0.717) is 48.1 Å². The Hall–Kier alpha value is -3.37. The summed E-state index contributed by atoms with van der Waals surface area (Å²) >= 11 is 1.42. The summed E-state index contributed by atoms with van der Waals surface area (Å²) in [5.41, 5.74) is 1.86. The second-order valence-electron chi connectivity index (χ2n) is 8.71. The van der Waals surface area contributed by atoms with Gasteiger partial charge in [-0.25, -0.2) is 23.5 Å². The molecular weight excluding hydrogens is 526 g/mol. The molecule has 3 N–H and O–H groups in total. The van der Waals surface area contributed by atoms with E-state index in [1.165, 1.54) is 23.5 Å². The van der Waals surface area contributed by atoms with Crippen LogP contribution in [0.25, 0.3) is 22.6 Å². The molecule has 196 valence electrons. The highest BCUT2D eigenvalue weighted by atomic mass is 32.2. The Morgan fingerprint density at radius 2 is 1.79 bits per heavy atom. The molecule has 1 aliphatic rings. The molecule has 5 rings (SSSR count). The van der Waals surface area contributed by atoms with Gasteiger partial charge in [-0.3, -0.25) is 0 Å². The van der Waals surface area contributed by atoms with Crippen molar-refractivity contribution in [3.63, 3.8) is 0 Å². The SMILES string of the molecule is NS(=O)(=O)c1ccc(-c2oc(C#CCOCc3csc(C4(O)CCOCC4)n3)nc2-c2ccccc2)cc1. The zero-order valence-electron chi connectivity index (χ0n) is 20.3. The van der Waals surface area contributed by atoms with Crippen molar-refractivity contribution in [2.24, 2.45) is 5.14 Å². The highest BCUT2D eigenvalue weighted by Crippen LogP contribution is 2.34. The summed E-state index contributed by atoms with van der Waals surface area (Å²) in [4.78, 5) is 9.10. The number of primary sulfonamides is 1. The lowest BCUT2D eigenvalue weighted by atomic mass is 9.95. The van der Waals surface area contributed by atoms with Gasteiger partial charge in [-0.2, -0.15) is 0 Å². The van der Waals surface area contributed by atoms with Gasteiger partial charge in [0, 0.05) is 42.6 Å². The second kappa shape index (κ2) is 11.2. The average Bonchev–Trinajstić information content (AvgIpc) is 3.57. The van der Waals surface area contributed by atoms with Crippen LogP contribution < -0.4 is 5.14 Å². The first-order chi connectivity index (χ1) is 18.3. The number of aromatic nitrogens is 2. The van der Waals surface area contributed by atoms with E-state index in [0.717, 1.165) is 11.3 Å². The van der Waals surface area contributed by atoms with E-state index >= 15 is 0 Å². The van der Waals surface area contributed by atoms with Crippen LogP contribution in [0.1, 0.15) is 29.4 Å². The molecule has 0 amide bonds. The normalized spacial score (nSPS) is 15.1. The van der Waals surface area contributed by atoms with Gasteiger partial charge in [0.1, 0.15) is 22.9 Å². The van der Waals surface area contributed by atoms with Crippen LogP contribution in [-0.2, 0) is 31.7 Å². The summed E-state index contributed by atoms with van der Waals surface area (Å²) in [5, 5.41) is 18.6. The maximum atomic E-state index is 11.6. The summed E-state index contributed by atoms with van der Waals surface area (Å²) in [5.74, 6) is 6.46. The van der Waals surface area contributed by atoms with Crippen LogP contribution in [0.3, 0.4) is 0 Å². The summed E-state index contributed by atoms with van der Waals surface area (Å²) in [6.07, 6.45) is 1.07. The number of thiazole rings is 1. The zero-order chi connectivity index (χ0) is 26.6. The molecule has 4 aromatic rings. The van der Waals surface area contributed by atoms with Crippen LogP contribution in [0.15, 0.2) is 69.3 Å². The van der Waals surface area contributed by atoms with Crippen molar-refractivity contribution in [1.29, 1.82) is 0 Å². The summed E-state index contributed by atoms with van der Waals surface area (Å²) in [6, 6.07) is 15.6. The van der Waals surface area contributed by atoms with Crippen molar-refractivity contribution in [1.82, 2.24) is 9.97 Å². The number of rotatable bonds is 7. The fourth-order valence-corrected chi connectivity index (χ4v) is 5.46. The van der Waals surface area contributed by atoms with Crippen molar-refractivity contribution in [2.45, 2.75) is 29.9 Å². The van der Waals surface area contributed by atoms with Crippen LogP contribution in [-0.4, -0.2) is 43.3 Å². The molecule has 2 aromatic carbocycles. The zero-order valence-corrected chi connectivity index (χ0v) is 21.9. The number of oxazole rings is 1. The minimum absolute atomic E-state index is 0.00772. The van der Waals surface area contributed by atoms with E-state index in [9.17, 15) is 13.5 Å². The quantitative estimate of drug-likeness (QED) is 0.262. The Morgan fingerprint density at radius 3 is 2.50 bits per heavy atom. The van der Waals surface area contributed by atoms with Crippen molar-refractivity contribution < 1.29 is 27.4 Å². The number of hydrogen-bond acceptors (Lipinski definition) is 9. The van der Waals surface area contributed by atoms with Crippen LogP contribution in [0, 0.1) is 11.8 Å². The van der Waals surface area contributed by atoms with Gasteiger partial charge in [0.2, 0.25) is 10.0 Å². The highest BCUT2D eigenvalue weighted by molar-refractivity contribution is 7.89. The van der Waals surface area contributed by atoms with Gasteiger partial charge < -0.3 is 19.0 Å². The Kier molecular flexibility index (Phi) is 7.71. The molecule has 1 aliphatic heterocycles. The van der Waals surface area contributed by atoms with Gasteiger partial charge in [-0.05, 0) is 30.2 Å². The lowest BCUT2D eigenvalue weighted by Gasteiger charge is -2.29. The van der Waals surface area contributed by atoms with Gasteiger partial charge in [-0.15, -0.1) is 11.3 Å². The van der Waals surface area contributed by atoms with Gasteiger partial charge in [0.15, 0.2) is 5.76 Å². The fourth-order valence-electron chi connectivity index (χ4n) is 3.99. The molecule has 0 radical (unpaired) electrons. The Morgan fingerprint density at radius 1 is 1.05 bits per heavy atom. The van der Waals surface area contributed by atoms with E-state index in [2.05, 4.69) is 21.8 Å². The number of sulfonamides is 1. The molecule has 0 atom stereocenters. The van der Waals surface area contributed by atoms with Gasteiger partial charge >= 0.3 is 0 Å². The molecule has 0 aliphatic carbocycles. The first kappa shape index (κ1) is 26.2.